The lowest BCUT2D eigenvalue weighted by Crippen LogP contribution is -2.46. The first-order chi connectivity index (χ1) is 24.7. The van der Waals surface area contributed by atoms with Gasteiger partial charge in [-0.1, -0.05) is 13.0 Å². The van der Waals surface area contributed by atoms with E-state index in [4.69, 9.17) is 9.47 Å². The molecule has 0 saturated carbocycles. The Morgan fingerprint density at radius 3 is 2.22 bits per heavy atom. The van der Waals surface area contributed by atoms with E-state index in [0.717, 1.165) is 55.1 Å². The van der Waals surface area contributed by atoms with E-state index in [2.05, 4.69) is 37.1 Å². The highest BCUT2D eigenvalue weighted by Gasteiger charge is 2.44. The zero-order chi connectivity index (χ0) is 35.5. The van der Waals surface area contributed by atoms with E-state index in [1.807, 2.05) is 43.3 Å². The van der Waals surface area contributed by atoms with Gasteiger partial charge in [0.25, 0.3) is 0 Å². The van der Waals surface area contributed by atoms with E-state index >= 15 is 0 Å². The van der Waals surface area contributed by atoms with E-state index in [-0.39, 0.29) is 24.2 Å². The molecule has 1 N–H and O–H groups in total. The Morgan fingerprint density at radius 2 is 1.61 bits per heavy atom. The Morgan fingerprint density at radius 1 is 0.941 bits per heavy atom. The molecule has 7 rings (SSSR count). The van der Waals surface area contributed by atoms with Gasteiger partial charge in [0.15, 0.2) is 0 Å². The van der Waals surface area contributed by atoms with E-state index in [9.17, 15) is 18.7 Å². The van der Waals surface area contributed by atoms with Crippen LogP contribution in [0.4, 0.5) is 20.2 Å². The predicted octanol–water partition coefficient (Wildman–Crippen LogP) is 4.57. The average molecular weight is 701 g/mol. The van der Waals surface area contributed by atoms with E-state index in [1.165, 1.54) is 34.0 Å². The number of piperazine rings is 1. The summed E-state index contributed by atoms with van der Waals surface area (Å²) in [5.41, 5.74) is 1.93. The number of aliphatic hydroxyl groups excluding tert-OH is 1. The van der Waals surface area contributed by atoms with Crippen molar-refractivity contribution in [2.75, 3.05) is 49.2 Å². The van der Waals surface area contributed by atoms with Crippen LogP contribution in [-0.4, -0.2) is 79.7 Å². The summed E-state index contributed by atoms with van der Waals surface area (Å²) < 4.78 is 45.6. The lowest BCUT2D eigenvalue weighted by Gasteiger charge is -2.37. The van der Waals surface area contributed by atoms with Gasteiger partial charge in [-0.3, -0.25) is 0 Å². The zero-order valence-corrected chi connectivity index (χ0v) is 28.7. The number of benzene rings is 3. The number of nitrogens with zero attached hydrogens (tertiary/aromatic N) is 8. The smallest absolute Gasteiger partial charge is 0.350 e. The molecule has 2 aromatic heterocycles. The minimum Gasteiger partial charge on any atom is -0.493 e. The largest absolute Gasteiger partial charge is 0.493 e. The molecule has 1 unspecified atom stereocenters. The van der Waals surface area contributed by atoms with Gasteiger partial charge >= 0.3 is 5.69 Å². The van der Waals surface area contributed by atoms with Gasteiger partial charge in [0.2, 0.25) is 0 Å². The van der Waals surface area contributed by atoms with Crippen molar-refractivity contribution in [1.82, 2.24) is 29.1 Å². The van der Waals surface area contributed by atoms with Crippen molar-refractivity contribution in [3.05, 3.63) is 113 Å². The molecule has 2 aliphatic rings. The highest BCUT2D eigenvalue weighted by molar-refractivity contribution is 5.54. The summed E-state index contributed by atoms with van der Waals surface area (Å²) in [4.78, 5) is 21.7. The van der Waals surface area contributed by atoms with Crippen molar-refractivity contribution in [2.45, 2.75) is 51.0 Å². The van der Waals surface area contributed by atoms with E-state index < -0.39 is 23.3 Å². The van der Waals surface area contributed by atoms with Crippen LogP contribution in [0.5, 0.6) is 5.75 Å². The molecule has 2 saturated heterocycles. The molecular formula is C37H42F2N8O4. The van der Waals surface area contributed by atoms with Crippen LogP contribution in [0.3, 0.4) is 0 Å². The molecule has 14 heteroatoms. The Bertz CT molecular complexity index is 1960. The molecule has 0 radical (unpaired) electrons. The van der Waals surface area contributed by atoms with Gasteiger partial charge in [-0.05, 0) is 74.4 Å². The normalized spacial score (nSPS) is 20.5. The third kappa shape index (κ3) is 7.24. The SMILES string of the molecule is CC[C@@H]([C@H](C)O)n1ncn(-c2ccc(N3CCN(c4ccc(OC[C@@H]5COC(Cn6cncn6)(c6ccc(F)cc6F)C5)cc4)CC3)cc2)c1=O. The molecule has 0 bridgehead atoms. The van der Waals surface area contributed by atoms with E-state index in [1.54, 1.807) is 17.9 Å². The first-order valence-electron chi connectivity index (χ1n) is 17.3. The van der Waals surface area contributed by atoms with Crippen LogP contribution in [0.2, 0.25) is 0 Å². The van der Waals surface area contributed by atoms with Crippen LogP contribution in [0.15, 0.2) is 90.5 Å². The fourth-order valence-corrected chi connectivity index (χ4v) is 7.24. The highest BCUT2D eigenvalue weighted by Crippen LogP contribution is 2.42. The number of aliphatic hydroxyl groups is 1. The van der Waals surface area contributed by atoms with Gasteiger partial charge in [0, 0.05) is 55.1 Å². The third-order valence-electron chi connectivity index (χ3n) is 9.96. The Labute approximate surface area is 294 Å². The molecule has 4 atom stereocenters. The van der Waals surface area contributed by atoms with Crippen LogP contribution < -0.4 is 20.2 Å². The van der Waals surface area contributed by atoms with Crippen molar-refractivity contribution < 1.29 is 23.4 Å². The summed E-state index contributed by atoms with van der Waals surface area (Å²) in [7, 11) is 0. The van der Waals surface area contributed by atoms with Crippen LogP contribution in [0, 0.1) is 17.6 Å². The minimum atomic E-state index is -1.02. The number of ether oxygens (including phenoxy) is 2. The number of halogens is 2. The highest BCUT2D eigenvalue weighted by atomic mass is 19.1. The van der Waals surface area contributed by atoms with Crippen molar-refractivity contribution in [3.63, 3.8) is 0 Å². The fraction of sp³-hybridized carbons (Fsp3) is 0.405. The Balaban J connectivity index is 0.923. The summed E-state index contributed by atoms with van der Waals surface area (Å²) in [6.45, 7) is 7.97. The monoisotopic (exact) mass is 700 g/mol. The van der Waals surface area contributed by atoms with Crippen LogP contribution >= 0.6 is 0 Å². The van der Waals surface area contributed by atoms with Crippen LogP contribution in [0.1, 0.15) is 38.3 Å². The third-order valence-corrected chi connectivity index (χ3v) is 9.96. The number of anilines is 2. The average Bonchev–Trinajstić information content (AvgIpc) is 3.90. The maximum atomic E-state index is 15.0. The summed E-state index contributed by atoms with van der Waals surface area (Å²) in [6, 6.07) is 19.2. The van der Waals surface area contributed by atoms with E-state index in [0.29, 0.717) is 31.6 Å². The van der Waals surface area contributed by atoms with Gasteiger partial charge in [-0.15, -0.1) is 0 Å². The second-order valence-corrected chi connectivity index (χ2v) is 13.3. The van der Waals surface area contributed by atoms with Gasteiger partial charge in [0.05, 0.1) is 37.6 Å². The summed E-state index contributed by atoms with van der Waals surface area (Å²) in [6.07, 6.45) is 4.88. The lowest BCUT2D eigenvalue weighted by atomic mass is 9.87. The van der Waals surface area contributed by atoms with Crippen molar-refractivity contribution in [3.8, 4) is 11.4 Å². The number of hydrogen-bond donors (Lipinski definition) is 1. The van der Waals surface area contributed by atoms with Gasteiger partial charge in [0.1, 0.15) is 42.0 Å². The molecule has 268 valence electrons. The van der Waals surface area contributed by atoms with Gasteiger partial charge in [-0.2, -0.15) is 10.2 Å². The zero-order valence-electron chi connectivity index (χ0n) is 28.7. The number of aromatic nitrogens is 6. The molecular weight excluding hydrogens is 658 g/mol. The molecule has 4 heterocycles. The van der Waals surface area contributed by atoms with Crippen LogP contribution in [0.25, 0.3) is 5.69 Å². The fourth-order valence-electron chi connectivity index (χ4n) is 7.24. The summed E-state index contributed by atoms with van der Waals surface area (Å²) in [5.74, 6) is -0.563. The summed E-state index contributed by atoms with van der Waals surface area (Å²) in [5, 5.41) is 18.5. The van der Waals surface area contributed by atoms with Gasteiger partial charge < -0.3 is 24.4 Å². The topological polar surface area (TPSA) is 116 Å². The predicted molar refractivity (Wildman–Crippen MR) is 187 cm³/mol. The molecule has 12 nitrogen and oxygen atoms in total. The molecule has 0 amide bonds. The Hall–Kier alpha value is -5.08. The standard InChI is InChI=1S/C37H42F2N8O4/c1-3-35(26(2)48)47-36(49)46(25-42-47)31-7-5-29(6-8-31)43-14-16-44(17-15-43)30-9-11-32(12-10-30)50-20-27-19-37(51-21-27,22-45-24-40-23-41-45)33-13-4-28(38)18-34(33)39/h4-13,18,23-27,35,48H,3,14-17,19-22H2,1-2H3/t26-,27+,35-,37?/m0/s1. The first kappa shape index (κ1) is 34.4. The number of hydrogen-bond acceptors (Lipinski definition) is 9. The molecule has 2 aliphatic heterocycles. The lowest BCUT2D eigenvalue weighted by molar-refractivity contribution is -0.0206. The second kappa shape index (κ2) is 14.6. The second-order valence-electron chi connectivity index (χ2n) is 13.3. The van der Waals surface area contributed by atoms with Crippen LogP contribution in [-0.2, 0) is 16.9 Å². The molecule has 3 aromatic carbocycles. The molecule has 5 aromatic rings. The van der Waals surface area contributed by atoms with Crippen molar-refractivity contribution in [1.29, 1.82) is 0 Å². The minimum absolute atomic E-state index is 0.0121. The van der Waals surface area contributed by atoms with Crippen molar-refractivity contribution >= 4 is 11.4 Å². The number of rotatable bonds is 12. The Kier molecular flexibility index (Phi) is 9.87. The molecule has 0 aliphatic carbocycles. The van der Waals surface area contributed by atoms with Crippen molar-refractivity contribution in [2.24, 2.45) is 5.92 Å². The van der Waals surface area contributed by atoms with Gasteiger partial charge in [-0.25, -0.2) is 32.5 Å². The quantitative estimate of drug-likeness (QED) is 0.200. The molecule has 2 fully saturated rings. The first-order valence-corrected chi connectivity index (χ1v) is 17.3. The molecule has 51 heavy (non-hydrogen) atoms. The molecule has 0 spiro atoms. The summed E-state index contributed by atoms with van der Waals surface area (Å²) >= 11 is 0. The maximum absolute atomic E-state index is 15.0. The maximum Gasteiger partial charge on any atom is 0.350 e.